The summed E-state index contributed by atoms with van der Waals surface area (Å²) in [5.74, 6) is -0.509. The van der Waals surface area contributed by atoms with Gasteiger partial charge in [0.05, 0.1) is 5.92 Å². The number of benzene rings is 1. The lowest BCUT2D eigenvalue weighted by molar-refractivity contribution is -0.144. The molecule has 0 radical (unpaired) electrons. The summed E-state index contributed by atoms with van der Waals surface area (Å²) in [6, 6.07) is 7.43. The van der Waals surface area contributed by atoms with E-state index in [1.807, 2.05) is 25.1 Å². The van der Waals surface area contributed by atoms with Crippen LogP contribution in [0, 0.1) is 0 Å². The Labute approximate surface area is 102 Å². The number of rotatable bonds is 6. The van der Waals surface area contributed by atoms with Gasteiger partial charge in [0.15, 0.2) is 0 Å². The molecule has 1 aromatic rings. The van der Waals surface area contributed by atoms with Crippen molar-refractivity contribution in [2.75, 3.05) is 12.3 Å². The lowest BCUT2D eigenvalue weighted by Gasteiger charge is -2.16. The Hall–Kier alpha value is -1.77. The van der Waals surface area contributed by atoms with Crippen molar-refractivity contribution in [2.45, 2.75) is 25.7 Å². The van der Waals surface area contributed by atoms with Crippen molar-refractivity contribution in [1.82, 2.24) is 0 Å². The van der Waals surface area contributed by atoms with Crippen LogP contribution in [0.15, 0.2) is 36.9 Å². The summed E-state index contributed by atoms with van der Waals surface area (Å²) in [6.45, 7) is 5.80. The molecule has 17 heavy (non-hydrogen) atoms. The van der Waals surface area contributed by atoms with Gasteiger partial charge in [0.25, 0.3) is 0 Å². The Balaban J connectivity index is 2.88. The van der Waals surface area contributed by atoms with Gasteiger partial charge in [-0.1, -0.05) is 44.2 Å². The van der Waals surface area contributed by atoms with Crippen LogP contribution >= 0.6 is 0 Å². The fraction of sp³-hybridized carbons (Fsp3) is 0.357. The molecule has 0 saturated heterocycles. The smallest absolute Gasteiger partial charge is 0.313 e. The normalized spacial score (nSPS) is 11.8. The Bertz CT molecular complexity index is 388. The first kappa shape index (κ1) is 13.3. The summed E-state index contributed by atoms with van der Waals surface area (Å²) in [4.78, 5) is 11.9. The van der Waals surface area contributed by atoms with E-state index in [2.05, 4.69) is 6.58 Å². The third-order valence-corrected chi connectivity index (χ3v) is 2.58. The van der Waals surface area contributed by atoms with Gasteiger partial charge in [0, 0.05) is 5.69 Å². The van der Waals surface area contributed by atoms with E-state index in [1.165, 1.54) is 0 Å². The van der Waals surface area contributed by atoms with Gasteiger partial charge < -0.3 is 10.5 Å². The van der Waals surface area contributed by atoms with Crippen LogP contribution in [-0.2, 0) is 9.53 Å². The zero-order valence-corrected chi connectivity index (χ0v) is 10.2. The van der Waals surface area contributed by atoms with Crippen LogP contribution in [0.25, 0.3) is 0 Å². The van der Waals surface area contributed by atoms with E-state index in [4.69, 9.17) is 10.5 Å². The third kappa shape index (κ3) is 3.63. The number of carbonyl (C=O) groups excluding carboxylic acids is 1. The minimum Gasteiger partial charge on any atom is -0.461 e. The molecule has 0 aromatic heterocycles. The first-order chi connectivity index (χ1) is 8.20. The number of hydrogen-bond acceptors (Lipinski definition) is 3. The molecule has 1 aromatic carbocycles. The monoisotopic (exact) mass is 233 g/mol. The van der Waals surface area contributed by atoms with E-state index in [0.717, 1.165) is 18.4 Å². The lowest BCUT2D eigenvalue weighted by atomic mass is 9.93. The summed E-state index contributed by atoms with van der Waals surface area (Å²) < 4.78 is 5.10. The second-order valence-corrected chi connectivity index (χ2v) is 3.89. The van der Waals surface area contributed by atoms with Crippen molar-refractivity contribution in [3.63, 3.8) is 0 Å². The minimum atomic E-state index is -0.277. The number of nitrogens with two attached hydrogens (primary N) is 1. The van der Waals surface area contributed by atoms with Gasteiger partial charge >= 0.3 is 5.97 Å². The van der Waals surface area contributed by atoms with Gasteiger partial charge in [-0.2, -0.15) is 0 Å². The van der Waals surface area contributed by atoms with Crippen LogP contribution in [0.4, 0.5) is 5.69 Å². The van der Waals surface area contributed by atoms with E-state index in [1.54, 1.807) is 12.1 Å². The zero-order valence-electron chi connectivity index (χ0n) is 10.2. The highest BCUT2D eigenvalue weighted by atomic mass is 16.5. The number of para-hydroxylation sites is 1. The summed E-state index contributed by atoms with van der Waals surface area (Å²) in [5, 5.41) is 0. The molecule has 0 bridgehead atoms. The van der Waals surface area contributed by atoms with Crippen LogP contribution in [0.3, 0.4) is 0 Å². The van der Waals surface area contributed by atoms with Crippen LogP contribution in [0.5, 0.6) is 0 Å². The first-order valence-electron chi connectivity index (χ1n) is 5.82. The zero-order chi connectivity index (χ0) is 12.7. The molecule has 0 amide bonds. The highest BCUT2D eigenvalue weighted by molar-refractivity contribution is 5.80. The van der Waals surface area contributed by atoms with Crippen molar-refractivity contribution in [2.24, 2.45) is 0 Å². The second-order valence-electron chi connectivity index (χ2n) is 3.89. The van der Waals surface area contributed by atoms with Crippen molar-refractivity contribution in [3.8, 4) is 0 Å². The number of nitrogen functional groups attached to an aromatic ring is 1. The molecule has 0 spiro atoms. The Morgan fingerprint density at radius 2 is 2.24 bits per heavy atom. The number of esters is 1. The maximum Gasteiger partial charge on any atom is 0.313 e. The summed E-state index contributed by atoms with van der Waals surface area (Å²) in [5.41, 5.74) is 7.38. The highest BCUT2D eigenvalue weighted by Gasteiger charge is 2.22. The number of hydrogen-bond donors (Lipinski definition) is 1. The largest absolute Gasteiger partial charge is 0.461 e. The van der Waals surface area contributed by atoms with Gasteiger partial charge in [-0.15, -0.1) is 0 Å². The molecule has 0 aliphatic rings. The molecular weight excluding hydrogens is 214 g/mol. The number of ether oxygens (including phenoxy) is 1. The van der Waals surface area contributed by atoms with Gasteiger partial charge in [0.2, 0.25) is 0 Å². The molecule has 1 atom stereocenters. The van der Waals surface area contributed by atoms with E-state index in [-0.39, 0.29) is 18.5 Å². The highest BCUT2D eigenvalue weighted by Crippen LogP contribution is 2.27. The van der Waals surface area contributed by atoms with Crippen LogP contribution < -0.4 is 5.73 Å². The summed E-state index contributed by atoms with van der Waals surface area (Å²) in [7, 11) is 0. The third-order valence-electron chi connectivity index (χ3n) is 2.58. The van der Waals surface area contributed by atoms with Gasteiger partial charge in [-0.05, 0) is 18.1 Å². The van der Waals surface area contributed by atoms with Crippen molar-refractivity contribution in [1.29, 1.82) is 0 Å². The number of anilines is 1. The predicted octanol–water partition coefficient (Wildman–Crippen LogP) is 2.88. The Morgan fingerprint density at radius 1 is 1.53 bits per heavy atom. The molecule has 92 valence electrons. The molecule has 3 heteroatoms. The van der Waals surface area contributed by atoms with E-state index in [0.29, 0.717) is 5.69 Å². The molecular formula is C14H19NO2. The fourth-order valence-corrected chi connectivity index (χ4v) is 1.76. The van der Waals surface area contributed by atoms with E-state index < -0.39 is 0 Å². The molecule has 2 N–H and O–H groups in total. The average molecular weight is 233 g/mol. The van der Waals surface area contributed by atoms with Gasteiger partial charge in [-0.3, -0.25) is 4.79 Å². The molecule has 0 aliphatic heterocycles. The van der Waals surface area contributed by atoms with Crippen LogP contribution in [0.2, 0.25) is 0 Å². The maximum absolute atomic E-state index is 11.9. The molecule has 1 rings (SSSR count). The van der Waals surface area contributed by atoms with E-state index in [9.17, 15) is 4.79 Å². The quantitative estimate of drug-likeness (QED) is 0.467. The van der Waals surface area contributed by atoms with Crippen molar-refractivity contribution < 1.29 is 9.53 Å². The summed E-state index contributed by atoms with van der Waals surface area (Å²) in [6.07, 6.45) is 3.21. The fourth-order valence-electron chi connectivity index (χ4n) is 1.76. The minimum absolute atomic E-state index is 0.232. The SMILES string of the molecule is C=CCOC(=O)C(CCC)c1ccccc1N. The Morgan fingerprint density at radius 3 is 2.82 bits per heavy atom. The molecule has 0 fully saturated rings. The molecule has 1 unspecified atom stereocenters. The molecule has 0 saturated carbocycles. The second kappa shape index (κ2) is 6.74. The molecule has 0 heterocycles. The molecule has 0 aliphatic carbocycles. The van der Waals surface area contributed by atoms with E-state index >= 15 is 0 Å². The van der Waals surface area contributed by atoms with Crippen LogP contribution in [-0.4, -0.2) is 12.6 Å². The number of carbonyl (C=O) groups is 1. The average Bonchev–Trinajstić information content (AvgIpc) is 2.34. The Kier molecular flexibility index (Phi) is 5.27. The molecule has 3 nitrogen and oxygen atoms in total. The van der Waals surface area contributed by atoms with Crippen LogP contribution in [0.1, 0.15) is 31.2 Å². The topological polar surface area (TPSA) is 52.3 Å². The standard InChI is InChI=1S/C14H19NO2/c1-3-7-12(14(16)17-10-4-2)11-8-5-6-9-13(11)15/h4-6,8-9,12H,2-3,7,10,15H2,1H3. The van der Waals surface area contributed by atoms with Crippen molar-refractivity contribution >= 4 is 11.7 Å². The summed E-state index contributed by atoms with van der Waals surface area (Å²) >= 11 is 0. The van der Waals surface area contributed by atoms with Gasteiger partial charge in [0.1, 0.15) is 6.61 Å². The predicted molar refractivity (Wildman–Crippen MR) is 69.7 cm³/mol. The maximum atomic E-state index is 11.9. The van der Waals surface area contributed by atoms with Crippen molar-refractivity contribution in [3.05, 3.63) is 42.5 Å². The lowest BCUT2D eigenvalue weighted by Crippen LogP contribution is -2.17. The van der Waals surface area contributed by atoms with Gasteiger partial charge in [-0.25, -0.2) is 0 Å². The first-order valence-corrected chi connectivity index (χ1v) is 5.82.